The second-order valence-corrected chi connectivity index (χ2v) is 19.5. The molecule has 0 radical (unpaired) electrons. The van der Waals surface area contributed by atoms with E-state index >= 15 is 0 Å². The Hall–Kier alpha value is -3.15. The maximum absolute atomic E-state index is 12.8. The van der Waals surface area contributed by atoms with Crippen LogP contribution in [-0.2, 0) is 28.6 Å². The summed E-state index contributed by atoms with van der Waals surface area (Å²) in [6.07, 6.45) is 73.4. The molecule has 0 bridgehead atoms. The Morgan fingerprint density at radius 3 is 0.884 bits per heavy atom. The molecule has 0 heterocycles. The highest BCUT2D eigenvalue weighted by Gasteiger charge is 2.19. The van der Waals surface area contributed by atoms with Crippen molar-refractivity contribution in [3.05, 3.63) is 72.9 Å². The van der Waals surface area contributed by atoms with E-state index in [1.807, 2.05) is 0 Å². The zero-order valence-corrected chi connectivity index (χ0v) is 45.6. The molecule has 6 nitrogen and oxygen atoms in total. The highest BCUT2D eigenvalue weighted by Crippen LogP contribution is 2.16. The molecular weight excluding hydrogens is 853 g/mol. The van der Waals surface area contributed by atoms with Gasteiger partial charge in [-0.05, 0) is 70.6 Å². The van der Waals surface area contributed by atoms with Crippen LogP contribution >= 0.6 is 0 Å². The summed E-state index contributed by atoms with van der Waals surface area (Å²) < 4.78 is 16.8. The largest absolute Gasteiger partial charge is 0.462 e. The smallest absolute Gasteiger partial charge is 0.306 e. The van der Waals surface area contributed by atoms with Crippen LogP contribution in [0.5, 0.6) is 0 Å². The minimum Gasteiger partial charge on any atom is -0.462 e. The van der Waals surface area contributed by atoms with E-state index in [-0.39, 0.29) is 31.1 Å². The van der Waals surface area contributed by atoms with Crippen LogP contribution in [0.15, 0.2) is 72.9 Å². The summed E-state index contributed by atoms with van der Waals surface area (Å²) in [6.45, 7) is 6.50. The van der Waals surface area contributed by atoms with Crippen molar-refractivity contribution in [1.29, 1.82) is 0 Å². The quantitative estimate of drug-likeness (QED) is 0.0262. The SMILES string of the molecule is CC/C=C\C/C=C\C/C=C\C/C=C\C/C=C\C/C=C\CCCCCCCCCCC(=O)OCC(COC(=O)CCCCCCCCC)OC(=O)CCCCCCCCCCCCCCCCCCC. The molecule has 0 aromatic heterocycles. The number of esters is 3. The molecule has 0 fully saturated rings. The van der Waals surface area contributed by atoms with Gasteiger partial charge in [-0.2, -0.15) is 0 Å². The Balaban J connectivity index is 4.17. The summed E-state index contributed by atoms with van der Waals surface area (Å²) in [6, 6.07) is 0. The van der Waals surface area contributed by atoms with Crippen molar-refractivity contribution in [2.75, 3.05) is 13.2 Å². The number of hydrogen-bond donors (Lipinski definition) is 0. The molecule has 1 atom stereocenters. The lowest BCUT2D eigenvalue weighted by Gasteiger charge is -2.18. The first-order chi connectivity index (χ1) is 34.0. The molecule has 0 N–H and O–H groups in total. The van der Waals surface area contributed by atoms with E-state index in [1.54, 1.807) is 0 Å². The van der Waals surface area contributed by atoms with Crippen LogP contribution in [0.1, 0.15) is 290 Å². The summed E-state index contributed by atoms with van der Waals surface area (Å²) in [5.74, 6) is -0.879. The second-order valence-electron chi connectivity index (χ2n) is 19.5. The number of allylic oxidation sites excluding steroid dienone is 12. The van der Waals surface area contributed by atoms with Gasteiger partial charge >= 0.3 is 17.9 Å². The van der Waals surface area contributed by atoms with Crippen LogP contribution in [0.25, 0.3) is 0 Å². The number of hydrogen-bond acceptors (Lipinski definition) is 6. The Morgan fingerprint density at radius 1 is 0.304 bits per heavy atom. The first kappa shape index (κ1) is 65.8. The normalized spacial score (nSPS) is 12.6. The molecule has 0 spiro atoms. The molecule has 0 aliphatic rings. The van der Waals surface area contributed by atoms with Crippen LogP contribution in [0.4, 0.5) is 0 Å². The van der Waals surface area contributed by atoms with E-state index in [2.05, 4.69) is 93.7 Å². The Kier molecular flexibility index (Phi) is 54.8. The lowest BCUT2D eigenvalue weighted by Crippen LogP contribution is -2.30. The van der Waals surface area contributed by atoms with Crippen molar-refractivity contribution in [3.63, 3.8) is 0 Å². The average molecular weight is 964 g/mol. The topological polar surface area (TPSA) is 78.9 Å². The van der Waals surface area contributed by atoms with Gasteiger partial charge in [0.15, 0.2) is 6.10 Å². The molecule has 0 aromatic rings. The average Bonchev–Trinajstić information content (AvgIpc) is 3.35. The monoisotopic (exact) mass is 963 g/mol. The maximum Gasteiger partial charge on any atom is 0.306 e. The van der Waals surface area contributed by atoms with Crippen LogP contribution < -0.4 is 0 Å². The first-order valence-electron chi connectivity index (χ1n) is 29.4. The first-order valence-corrected chi connectivity index (χ1v) is 29.4. The third-order valence-corrected chi connectivity index (χ3v) is 12.7. The zero-order valence-electron chi connectivity index (χ0n) is 45.6. The second kappa shape index (κ2) is 57.4. The van der Waals surface area contributed by atoms with Crippen molar-refractivity contribution in [3.8, 4) is 0 Å². The van der Waals surface area contributed by atoms with Gasteiger partial charge in [0.1, 0.15) is 13.2 Å². The van der Waals surface area contributed by atoms with Gasteiger partial charge in [-0.3, -0.25) is 14.4 Å². The van der Waals surface area contributed by atoms with Gasteiger partial charge < -0.3 is 14.2 Å². The van der Waals surface area contributed by atoms with E-state index in [0.717, 1.165) is 103 Å². The van der Waals surface area contributed by atoms with Gasteiger partial charge in [0.05, 0.1) is 0 Å². The zero-order chi connectivity index (χ0) is 50.0. The number of carbonyl (C=O) groups is 3. The van der Waals surface area contributed by atoms with Gasteiger partial charge in [0.25, 0.3) is 0 Å². The van der Waals surface area contributed by atoms with Gasteiger partial charge in [-0.15, -0.1) is 0 Å². The molecule has 0 rings (SSSR count). The minimum absolute atomic E-state index is 0.0746. The highest BCUT2D eigenvalue weighted by molar-refractivity contribution is 5.71. The van der Waals surface area contributed by atoms with E-state index in [1.165, 1.54) is 148 Å². The van der Waals surface area contributed by atoms with Gasteiger partial charge in [0.2, 0.25) is 0 Å². The third-order valence-electron chi connectivity index (χ3n) is 12.7. The van der Waals surface area contributed by atoms with E-state index in [4.69, 9.17) is 14.2 Å². The Bertz CT molecular complexity index is 1290. The van der Waals surface area contributed by atoms with Gasteiger partial charge in [-0.25, -0.2) is 0 Å². The van der Waals surface area contributed by atoms with Crippen LogP contribution in [0.2, 0.25) is 0 Å². The fraction of sp³-hybridized carbons (Fsp3) is 0.762. The van der Waals surface area contributed by atoms with Gasteiger partial charge in [-0.1, -0.05) is 273 Å². The molecule has 398 valence electrons. The van der Waals surface area contributed by atoms with Crippen molar-refractivity contribution < 1.29 is 28.6 Å². The molecule has 0 aromatic carbocycles. The fourth-order valence-corrected chi connectivity index (χ4v) is 8.33. The number of rotatable bonds is 53. The van der Waals surface area contributed by atoms with Crippen LogP contribution in [-0.4, -0.2) is 37.2 Å². The number of carbonyl (C=O) groups excluding carboxylic acids is 3. The molecule has 0 saturated carbocycles. The lowest BCUT2D eigenvalue weighted by molar-refractivity contribution is -0.167. The maximum atomic E-state index is 12.8. The molecule has 0 aliphatic carbocycles. The van der Waals surface area contributed by atoms with Crippen LogP contribution in [0, 0.1) is 0 Å². The summed E-state index contributed by atoms with van der Waals surface area (Å²) in [7, 11) is 0. The number of unbranched alkanes of at least 4 members (excludes halogenated alkanes) is 30. The summed E-state index contributed by atoms with van der Waals surface area (Å²) in [4.78, 5) is 38.0. The molecular formula is C63H110O6. The van der Waals surface area contributed by atoms with Crippen molar-refractivity contribution in [2.45, 2.75) is 297 Å². The predicted octanol–water partition coefficient (Wildman–Crippen LogP) is 19.8. The van der Waals surface area contributed by atoms with Crippen molar-refractivity contribution in [2.24, 2.45) is 0 Å². The minimum atomic E-state index is -0.773. The van der Waals surface area contributed by atoms with Crippen LogP contribution in [0.3, 0.4) is 0 Å². The van der Waals surface area contributed by atoms with Crippen molar-refractivity contribution in [1.82, 2.24) is 0 Å². The van der Waals surface area contributed by atoms with E-state index < -0.39 is 6.10 Å². The molecule has 1 unspecified atom stereocenters. The molecule has 0 saturated heterocycles. The summed E-state index contributed by atoms with van der Waals surface area (Å²) >= 11 is 0. The summed E-state index contributed by atoms with van der Waals surface area (Å²) in [5.41, 5.74) is 0. The van der Waals surface area contributed by atoms with Crippen molar-refractivity contribution >= 4 is 17.9 Å². The van der Waals surface area contributed by atoms with Gasteiger partial charge in [0, 0.05) is 19.3 Å². The Morgan fingerprint density at radius 2 is 0.565 bits per heavy atom. The number of ether oxygens (including phenoxy) is 3. The van der Waals surface area contributed by atoms with E-state index in [9.17, 15) is 14.4 Å². The standard InChI is InChI=1S/C63H110O6/c1-4-7-10-13-16-18-20-22-24-26-27-28-29-30-31-32-33-34-35-37-38-40-42-44-47-50-53-56-62(65)68-59-60(58-67-61(64)55-52-49-46-15-12-9-6-3)69-63(66)57-54-51-48-45-43-41-39-36-25-23-21-19-17-14-11-8-5-2/h7,10,16,18,22,24,27-28,30-31,33-34,60H,4-6,8-9,11-15,17,19-21,23,25-26,29,32,35-59H2,1-3H3/b10-7-,18-16-,24-22-,28-27-,31-30-,34-33-. The molecule has 0 aliphatic heterocycles. The molecule has 6 heteroatoms. The highest BCUT2D eigenvalue weighted by atomic mass is 16.6. The molecule has 0 amide bonds. The Labute approximate surface area is 427 Å². The molecule has 69 heavy (non-hydrogen) atoms. The third kappa shape index (κ3) is 55.6. The van der Waals surface area contributed by atoms with E-state index in [0.29, 0.717) is 19.3 Å². The fourth-order valence-electron chi connectivity index (χ4n) is 8.33. The lowest BCUT2D eigenvalue weighted by atomic mass is 10.0. The predicted molar refractivity (Wildman–Crippen MR) is 298 cm³/mol. The summed E-state index contributed by atoms with van der Waals surface area (Å²) in [5, 5.41) is 0.